The summed E-state index contributed by atoms with van der Waals surface area (Å²) < 4.78 is 0. The monoisotopic (exact) mass is 172 g/mol. The molecule has 1 rings (SSSR count). The zero-order valence-electron chi connectivity index (χ0n) is 9.06. The molecule has 12 heavy (non-hydrogen) atoms. The molecule has 0 radical (unpaired) electrons. The third-order valence-electron chi connectivity index (χ3n) is 2.44. The average Bonchev–Trinajstić information content (AvgIpc) is 2.21. The summed E-state index contributed by atoms with van der Waals surface area (Å²) >= 11 is 0. The van der Waals surface area contributed by atoms with Crippen LogP contribution in [0.3, 0.4) is 0 Å². The lowest BCUT2D eigenvalue weighted by Crippen LogP contribution is -2.40. The maximum absolute atomic E-state index is 3.32. The minimum atomic E-state index is 0.780. The minimum absolute atomic E-state index is 0.780. The van der Waals surface area contributed by atoms with Crippen LogP contribution in [0.1, 0.15) is 33.6 Å². The molecule has 0 aromatic carbocycles. The zero-order chi connectivity index (χ0) is 9.40. The first-order valence-corrected chi connectivity index (χ1v) is 5.26. The van der Waals surface area contributed by atoms with Crippen molar-refractivity contribution in [2.24, 2.45) is 0 Å². The third kappa shape index (κ3) is 4.07. The molecule has 1 aliphatic rings. The number of nitrogens with one attached hydrogen (secondary N) is 1. The summed E-state index contributed by atoms with van der Waals surface area (Å²) in [6.07, 6.45) is 2.65. The van der Waals surface area contributed by atoms with Crippen LogP contribution in [0.5, 0.6) is 0 Å². The SMILES string of the molecule is CC.CCN1CCC(NC)CC1. The van der Waals surface area contributed by atoms with Crippen LogP contribution in [0.15, 0.2) is 0 Å². The summed E-state index contributed by atoms with van der Waals surface area (Å²) in [6, 6.07) is 0.780. The van der Waals surface area contributed by atoms with Crippen LogP contribution >= 0.6 is 0 Å². The molecule has 2 heteroatoms. The number of hydrogen-bond donors (Lipinski definition) is 1. The van der Waals surface area contributed by atoms with Gasteiger partial charge in [0.1, 0.15) is 0 Å². The van der Waals surface area contributed by atoms with Crippen molar-refractivity contribution in [3.05, 3.63) is 0 Å². The van der Waals surface area contributed by atoms with Gasteiger partial charge in [-0.2, -0.15) is 0 Å². The molecule has 74 valence electrons. The summed E-state index contributed by atoms with van der Waals surface area (Å²) in [5.41, 5.74) is 0. The highest BCUT2D eigenvalue weighted by Gasteiger charge is 2.15. The molecular formula is C10H24N2. The predicted octanol–water partition coefficient (Wildman–Crippen LogP) is 1.72. The van der Waals surface area contributed by atoms with Gasteiger partial charge in [-0.15, -0.1) is 0 Å². The Balaban J connectivity index is 0.000000561. The van der Waals surface area contributed by atoms with E-state index in [9.17, 15) is 0 Å². The largest absolute Gasteiger partial charge is 0.317 e. The van der Waals surface area contributed by atoms with Crippen LogP contribution in [0.2, 0.25) is 0 Å². The molecular weight excluding hydrogens is 148 g/mol. The van der Waals surface area contributed by atoms with Crippen molar-refractivity contribution < 1.29 is 0 Å². The van der Waals surface area contributed by atoms with Crippen LogP contribution in [0, 0.1) is 0 Å². The molecule has 1 N–H and O–H groups in total. The van der Waals surface area contributed by atoms with Gasteiger partial charge in [0.15, 0.2) is 0 Å². The normalized spacial score (nSPS) is 20.0. The number of nitrogens with zero attached hydrogens (tertiary/aromatic N) is 1. The van der Waals surface area contributed by atoms with E-state index in [4.69, 9.17) is 0 Å². The first-order valence-electron chi connectivity index (χ1n) is 5.26. The van der Waals surface area contributed by atoms with Crippen molar-refractivity contribution in [1.82, 2.24) is 10.2 Å². The van der Waals surface area contributed by atoms with Gasteiger partial charge in [-0.1, -0.05) is 20.8 Å². The Morgan fingerprint density at radius 1 is 1.25 bits per heavy atom. The number of piperidine rings is 1. The molecule has 0 bridgehead atoms. The highest BCUT2D eigenvalue weighted by atomic mass is 15.1. The van der Waals surface area contributed by atoms with Gasteiger partial charge in [0.2, 0.25) is 0 Å². The van der Waals surface area contributed by atoms with E-state index in [0.29, 0.717) is 0 Å². The molecule has 2 nitrogen and oxygen atoms in total. The fraction of sp³-hybridized carbons (Fsp3) is 1.00. The maximum Gasteiger partial charge on any atom is 0.00884 e. The molecule has 0 aromatic rings. The molecule has 0 unspecified atom stereocenters. The van der Waals surface area contributed by atoms with Gasteiger partial charge in [0.25, 0.3) is 0 Å². The molecule has 1 aliphatic heterocycles. The summed E-state index contributed by atoms with van der Waals surface area (Å²) in [4.78, 5) is 2.51. The van der Waals surface area contributed by atoms with Crippen LogP contribution in [0.25, 0.3) is 0 Å². The second kappa shape index (κ2) is 7.56. The lowest BCUT2D eigenvalue weighted by molar-refractivity contribution is 0.211. The Bertz CT molecular complexity index is 73.8. The molecule has 0 aromatic heterocycles. The van der Waals surface area contributed by atoms with E-state index in [-0.39, 0.29) is 0 Å². The first kappa shape index (κ1) is 11.9. The number of rotatable bonds is 2. The van der Waals surface area contributed by atoms with Crippen LogP contribution in [-0.2, 0) is 0 Å². The summed E-state index contributed by atoms with van der Waals surface area (Å²) in [5, 5.41) is 3.32. The molecule has 1 saturated heterocycles. The fourth-order valence-corrected chi connectivity index (χ4v) is 1.54. The summed E-state index contributed by atoms with van der Waals surface area (Å²) in [6.45, 7) is 10.0. The Labute approximate surface area is 77.3 Å². The van der Waals surface area contributed by atoms with Crippen LogP contribution in [0.4, 0.5) is 0 Å². The fourth-order valence-electron chi connectivity index (χ4n) is 1.54. The lowest BCUT2D eigenvalue weighted by Gasteiger charge is -2.30. The lowest BCUT2D eigenvalue weighted by atomic mass is 10.1. The van der Waals surface area contributed by atoms with E-state index in [2.05, 4.69) is 24.2 Å². The summed E-state index contributed by atoms with van der Waals surface area (Å²) in [5.74, 6) is 0. The standard InChI is InChI=1S/C8H18N2.C2H6/c1-3-10-6-4-8(9-2)5-7-10;1-2/h8-9H,3-7H2,1-2H3;1-2H3. The third-order valence-corrected chi connectivity index (χ3v) is 2.44. The molecule has 0 amide bonds. The Kier molecular flexibility index (Phi) is 7.51. The van der Waals surface area contributed by atoms with Gasteiger partial charge in [-0.05, 0) is 39.5 Å². The smallest absolute Gasteiger partial charge is 0.00884 e. The van der Waals surface area contributed by atoms with E-state index < -0.39 is 0 Å². The van der Waals surface area contributed by atoms with E-state index in [1.807, 2.05) is 13.8 Å². The highest BCUT2D eigenvalue weighted by molar-refractivity contribution is 4.74. The molecule has 1 fully saturated rings. The average molecular weight is 172 g/mol. The van der Waals surface area contributed by atoms with Crippen molar-refractivity contribution in [3.8, 4) is 0 Å². The number of likely N-dealkylation sites (tertiary alicyclic amines) is 1. The molecule has 0 saturated carbocycles. The molecule has 1 heterocycles. The quantitative estimate of drug-likeness (QED) is 0.682. The highest BCUT2D eigenvalue weighted by Crippen LogP contribution is 2.08. The molecule has 0 spiro atoms. The van der Waals surface area contributed by atoms with Crippen LogP contribution < -0.4 is 5.32 Å². The van der Waals surface area contributed by atoms with Crippen molar-refractivity contribution in [2.45, 2.75) is 39.7 Å². The predicted molar refractivity (Wildman–Crippen MR) is 55.5 cm³/mol. The van der Waals surface area contributed by atoms with Crippen molar-refractivity contribution >= 4 is 0 Å². The molecule has 0 aliphatic carbocycles. The maximum atomic E-state index is 3.32. The van der Waals surface area contributed by atoms with Gasteiger partial charge >= 0.3 is 0 Å². The van der Waals surface area contributed by atoms with E-state index in [0.717, 1.165) is 6.04 Å². The second-order valence-electron chi connectivity index (χ2n) is 3.00. The minimum Gasteiger partial charge on any atom is -0.317 e. The Morgan fingerprint density at radius 2 is 1.75 bits per heavy atom. The first-order chi connectivity index (χ1) is 5.86. The zero-order valence-corrected chi connectivity index (χ0v) is 9.06. The number of hydrogen-bond acceptors (Lipinski definition) is 2. The molecule has 0 atom stereocenters. The van der Waals surface area contributed by atoms with Crippen molar-refractivity contribution in [1.29, 1.82) is 0 Å². The topological polar surface area (TPSA) is 15.3 Å². The van der Waals surface area contributed by atoms with E-state index in [1.165, 1.54) is 32.5 Å². The Hall–Kier alpha value is -0.0800. The van der Waals surface area contributed by atoms with Crippen molar-refractivity contribution in [2.75, 3.05) is 26.7 Å². The van der Waals surface area contributed by atoms with Gasteiger partial charge in [0, 0.05) is 6.04 Å². The van der Waals surface area contributed by atoms with E-state index >= 15 is 0 Å². The van der Waals surface area contributed by atoms with E-state index in [1.54, 1.807) is 0 Å². The van der Waals surface area contributed by atoms with Gasteiger partial charge in [-0.3, -0.25) is 0 Å². The van der Waals surface area contributed by atoms with Gasteiger partial charge < -0.3 is 10.2 Å². The Morgan fingerprint density at radius 3 is 2.08 bits per heavy atom. The van der Waals surface area contributed by atoms with Gasteiger partial charge in [-0.25, -0.2) is 0 Å². The van der Waals surface area contributed by atoms with Gasteiger partial charge in [0.05, 0.1) is 0 Å². The summed E-state index contributed by atoms with van der Waals surface area (Å²) in [7, 11) is 2.06. The second-order valence-corrected chi connectivity index (χ2v) is 3.00. The van der Waals surface area contributed by atoms with Crippen LogP contribution in [-0.4, -0.2) is 37.6 Å². The van der Waals surface area contributed by atoms with Crippen molar-refractivity contribution in [3.63, 3.8) is 0 Å².